The van der Waals surface area contributed by atoms with E-state index >= 15 is 0 Å². The number of carbonyl (C=O) groups excluding carboxylic acids is 1. The van der Waals surface area contributed by atoms with Gasteiger partial charge in [0.25, 0.3) is 5.91 Å². The summed E-state index contributed by atoms with van der Waals surface area (Å²) in [4.78, 5) is 29.9. The Kier molecular flexibility index (Phi) is 6.60. The Bertz CT molecular complexity index is 1230. The summed E-state index contributed by atoms with van der Waals surface area (Å²) in [6, 6.07) is 15.5. The van der Waals surface area contributed by atoms with Crippen molar-refractivity contribution in [3.05, 3.63) is 97.0 Å². The molecule has 1 aromatic carbocycles. The van der Waals surface area contributed by atoms with Gasteiger partial charge in [0.2, 0.25) is 0 Å². The number of carbonyl (C=O) groups is 1. The summed E-state index contributed by atoms with van der Waals surface area (Å²) in [6.45, 7) is 2.76. The summed E-state index contributed by atoms with van der Waals surface area (Å²) < 4.78 is 1.72. The second-order valence-corrected chi connectivity index (χ2v) is 8.91. The Morgan fingerprint density at radius 1 is 0.971 bits per heavy atom. The fraction of sp³-hybridized carbons (Fsp3) is 0.269. The molecule has 178 valence electrons. The van der Waals surface area contributed by atoms with Crippen molar-refractivity contribution < 1.29 is 9.90 Å². The number of aliphatic hydroxyl groups is 1. The Morgan fingerprint density at radius 3 is 2.51 bits per heavy atom. The van der Waals surface area contributed by atoms with Gasteiger partial charge in [-0.05, 0) is 23.8 Å². The van der Waals surface area contributed by atoms with Crippen LogP contribution < -0.4 is 0 Å². The van der Waals surface area contributed by atoms with Crippen LogP contribution in [0.1, 0.15) is 15.9 Å². The number of aromatic nitrogens is 5. The summed E-state index contributed by atoms with van der Waals surface area (Å²) in [5.74, 6) is -0.159. The molecule has 0 saturated carbocycles. The van der Waals surface area contributed by atoms with Gasteiger partial charge in [-0.1, -0.05) is 30.3 Å². The normalized spacial score (nSPS) is 18.8. The van der Waals surface area contributed by atoms with Crippen molar-refractivity contribution in [1.82, 2.24) is 34.5 Å². The highest BCUT2D eigenvalue weighted by atomic mass is 16.3. The molecule has 0 unspecified atom stereocenters. The summed E-state index contributed by atoms with van der Waals surface area (Å²) in [6.07, 6.45) is 9.92. The molecule has 1 fully saturated rings. The summed E-state index contributed by atoms with van der Waals surface area (Å²) in [7, 11) is 0. The molecular weight excluding hydrogens is 442 g/mol. The first-order chi connectivity index (χ1) is 17.1. The van der Waals surface area contributed by atoms with E-state index in [4.69, 9.17) is 0 Å². The first kappa shape index (κ1) is 22.8. The quantitative estimate of drug-likeness (QED) is 0.462. The summed E-state index contributed by atoms with van der Waals surface area (Å²) in [5.41, 5.74) is 1.96. The van der Waals surface area contributed by atoms with Gasteiger partial charge in [0, 0.05) is 62.7 Å². The molecule has 4 heterocycles. The van der Waals surface area contributed by atoms with Gasteiger partial charge >= 0.3 is 0 Å². The minimum Gasteiger partial charge on any atom is -0.385 e. The molecule has 1 N–H and O–H groups in total. The van der Waals surface area contributed by atoms with E-state index in [1.54, 1.807) is 46.5 Å². The molecule has 1 atom stereocenters. The third-order valence-corrected chi connectivity index (χ3v) is 6.11. The van der Waals surface area contributed by atoms with Gasteiger partial charge in [-0.15, -0.1) is 0 Å². The number of amides is 1. The van der Waals surface area contributed by atoms with Crippen LogP contribution in [0.3, 0.4) is 0 Å². The zero-order valence-corrected chi connectivity index (χ0v) is 19.3. The highest BCUT2D eigenvalue weighted by molar-refractivity contribution is 5.94. The maximum atomic E-state index is 13.5. The van der Waals surface area contributed by atoms with Crippen LogP contribution in [0.4, 0.5) is 0 Å². The Labute approximate surface area is 203 Å². The average Bonchev–Trinajstić information content (AvgIpc) is 3.33. The van der Waals surface area contributed by atoms with Crippen LogP contribution >= 0.6 is 0 Å². The van der Waals surface area contributed by atoms with Gasteiger partial charge in [-0.2, -0.15) is 5.10 Å². The second-order valence-electron chi connectivity index (χ2n) is 8.91. The number of hydrogen-bond donors (Lipinski definition) is 1. The van der Waals surface area contributed by atoms with E-state index in [9.17, 15) is 9.90 Å². The summed E-state index contributed by atoms with van der Waals surface area (Å²) in [5, 5.41) is 16.0. The lowest BCUT2D eigenvalue weighted by Gasteiger charge is -2.33. The minimum atomic E-state index is -1.16. The molecule has 1 saturated heterocycles. The van der Waals surface area contributed by atoms with E-state index in [1.807, 2.05) is 30.5 Å². The molecule has 5 rings (SSSR count). The van der Waals surface area contributed by atoms with E-state index in [1.165, 1.54) is 11.9 Å². The van der Waals surface area contributed by atoms with E-state index < -0.39 is 5.60 Å². The maximum Gasteiger partial charge on any atom is 0.255 e. The smallest absolute Gasteiger partial charge is 0.255 e. The van der Waals surface area contributed by atoms with Gasteiger partial charge in [0.05, 0.1) is 24.3 Å². The molecule has 0 bridgehead atoms. The molecule has 1 aliphatic rings. The van der Waals surface area contributed by atoms with Crippen LogP contribution in [0.15, 0.2) is 85.8 Å². The molecule has 3 aromatic heterocycles. The van der Waals surface area contributed by atoms with Crippen LogP contribution in [0, 0.1) is 0 Å². The van der Waals surface area contributed by atoms with Gasteiger partial charge in [0.1, 0.15) is 11.9 Å². The Morgan fingerprint density at radius 2 is 1.80 bits per heavy atom. The van der Waals surface area contributed by atoms with Gasteiger partial charge in [-0.3, -0.25) is 19.4 Å². The zero-order valence-electron chi connectivity index (χ0n) is 19.3. The fourth-order valence-electron chi connectivity index (χ4n) is 4.49. The van der Waals surface area contributed by atoms with Crippen LogP contribution in [0.5, 0.6) is 0 Å². The summed E-state index contributed by atoms with van der Waals surface area (Å²) >= 11 is 0. The number of nitrogens with zero attached hydrogens (tertiary/aromatic N) is 7. The van der Waals surface area contributed by atoms with E-state index in [-0.39, 0.29) is 12.5 Å². The fourth-order valence-corrected chi connectivity index (χ4v) is 4.49. The predicted molar refractivity (Wildman–Crippen MR) is 130 cm³/mol. The lowest BCUT2D eigenvalue weighted by atomic mass is 10.0. The largest absolute Gasteiger partial charge is 0.385 e. The molecule has 0 spiro atoms. The van der Waals surface area contributed by atoms with Crippen molar-refractivity contribution in [3.63, 3.8) is 0 Å². The van der Waals surface area contributed by atoms with Crippen molar-refractivity contribution in [2.24, 2.45) is 0 Å². The predicted octanol–water partition coefficient (Wildman–Crippen LogP) is 2.12. The lowest BCUT2D eigenvalue weighted by molar-refractivity contribution is -0.0184. The molecule has 4 aromatic rings. The van der Waals surface area contributed by atoms with Crippen LogP contribution in [0.2, 0.25) is 0 Å². The molecule has 0 aliphatic carbocycles. The first-order valence-electron chi connectivity index (χ1n) is 11.5. The van der Waals surface area contributed by atoms with Crippen molar-refractivity contribution in [2.45, 2.75) is 18.7 Å². The molecule has 0 radical (unpaired) electrons. The molecule has 1 amide bonds. The minimum absolute atomic E-state index is 0.159. The first-order valence-corrected chi connectivity index (χ1v) is 11.5. The number of hydrogen-bond acceptors (Lipinski definition) is 7. The number of benzene rings is 1. The van der Waals surface area contributed by atoms with Crippen LogP contribution in [-0.4, -0.2) is 77.3 Å². The molecule has 9 heteroatoms. The van der Waals surface area contributed by atoms with Crippen molar-refractivity contribution in [1.29, 1.82) is 0 Å². The highest BCUT2D eigenvalue weighted by Crippen LogP contribution is 2.21. The van der Waals surface area contributed by atoms with E-state index in [2.05, 4.69) is 37.1 Å². The highest BCUT2D eigenvalue weighted by Gasteiger charge is 2.37. The number of pyridine rings is 1. The Balaban J connectivity index is 1.36. The van der Waals surface area contributed by atoms with Crippen molar-refractivity contribution in [2.75, 3.05) is 26.2 Å². The van der Waals surface area contributed by atoms with Gasteiger partial charge in [0.15, 0.2) is 0 Å². The van der Waals surface area contributed by atoms with Crippen LogP contribution in [0.25, 0.3) is 11.3 Å². The van der Waals surface area contributed by atoms with Gasteiger partial charge < -0.3 is 10.0 Å². The number of β-amino-alcohol motifs (C(OH)–C–C–N with tert-alkyl or cyclic N) is 1. The second kappa shape index (κ2) is 10.1. The average molecular weight is 470 g/mol. The monoisotopic (exact) mass is 469 g/mol. The third-order valence-electron chi connectivity index (χ3n) is 6.11. The molecule has 1 aliphatic heterocycles. The maximum absolute atomic E-state index is 13.5. The Hall–Kier alpha value is -3.95. The zero-order chi connectivity index (χ0) is 24.1. The third kappa shape index (κ3) is 5.59. The van der Waals surface area contributed by atoms with E-state index in [0.717, 1.165) is 5.56 Å². The van der Waals surface area contributed by atoms with Crippen molar-refractivity contribution >= 4 is 5.91 Å². The van der Waals surface area contributed by atoms with E-state index in [0.29, 0.717) is 44.0 Å². The molecule has 35 heavy (non-hydrogen) atoms. The van der Waals surface area contributed by atoms with Gasteiger partial charge in [-0.25, -0.2) is 9.97 Å². The standard InChI is InChI=1S/C26H27N7O2/c34-25(22-7-8-24(29-15-22)23-13-27-20-28-14-23)32-12-11-31(16-21-5-2-1-3-6-21)17-26(35,18-32)19-33-10-4-9-30-33/h1-10,13-15,20,35H,11-12,16-19H2/t26-/m0/s1. The molecular formula is C26H27N7O2. The van der Waals surface area contributed by atoms with Crippen molar-refractivity contribution in [3.8, 4) is 11.3 Å². The van der Waals surface area contributed by atoms with Crippen LogP contribution in [-0.2, 0) is 13.1 Å². The molecule has 9 nitrogen and oxygen atoms in total. The lowest BCUT2D eigenvalue weighted by Crippen LogP contribution is -2.51. The SMILES string of the molecule is O=C(c1ccc(-c2cncnc2)nc1)N1CCN(Cc2ccccc2)C[C@@](O)(Cn2cccn2)C1. The number of rotatable bonds is 6. The topological polar surface area (TPSA) is 100 Å².